The molecule has 3 aromatic carbocycles. The lowest BCUT2D eigenvalue weighted by Crippen LogP contribution is -2.48. The average molecular weight is 761 g/mol. The van der Waals surface area contributed by atoms with E-state index in [0.29, 0.717) is 25.4 Å². The highest BCUT2D eigenvalue weighted by atomic mass is 16.5. The van der Waals surface area contributed by atoms with Gasteiger partial charge in [0, 0.05) is 24.2 Å². The normalized spacial score (nSPS) is 17.0. The van der Waals surface area contributed by atoms with Crippen LogP contribution in [0.5, 0.6) is 5.75 Å². The first-order chi connectivity index (χ1) is 27.2. The van der Waals surface area contributed by atoms with Gasteiger partial charge in [0.2, 0.25) is 11.8 Å². The van der Waals surface area contributed by atoms with E-state index in [9.17, 15) is 19.2 Å². The van der Waals surface area contributed by atoms with Crippen molar-refractivity contribution in [2.45, 2.75) is 56.5 Å². The zero-order chi connectivity index (χ0) is 38.8. The number of carbonyl (C=O) groups is 4. The molecule has 0 unspecified atom stereocenters. The molecule has 0 radical (unpaired) electrons. The summed E-state index contributed by atoms with van der Waals surface area (Å²) in [6.07, 6.45) is 4.42. The summed E-state index contributed by atoms with van der Waals surface area (Å²) in [7, 11) is 2.53. The largest absolute Gasteiger partial charge is 0.492 e. The Morgan fingerprint density at radius 1 is 0.839 bits per heavy atom. The molecule has 15 heteroatoms. The predicted molar refractivity (Wildman–Crippen MR) is 207 cm³/mol. The molecule has 4 amide bonds. The molecule has 1 aliphatic carbocycles. The molecular formula is C41H44N8O7. The molecule has 2 aromatic heterocycles. The Hall–Kier alpha value is -6.38. The minimum absolute atomic E-state index is 0.131. The number of alkyl carbamates (subject to hydrolysis) is 2. The van der Waals surface area contributed by atoms with E-state index >= 15 is 0 Å². The third-order valence-corrected chi connectivity index (χ3v) is 11.0. The lowest BCUT2D eigenvalue weighted by molar-refractivity contribution is -0.131. The standard InChI is InChI=1S/C41H44N8O7/c1-54-39(52)42-22-34(50)48-41(16-3-4-17-41)38-45-29-14-12-26(20-31(29)46-38)24-7-9-25(10-8-24)27-11-13-28-33(21-27)56-19-15-30-36(28)47-37(44-30)32-6-5-18-49(32)35(51)23-43-40(53)55-2/h7-14,20-21,32H,3-6,15-19,22-23H2,1-2H3,(H,42,52)(H,43,53)(H,44,47)(H,45,46)(H,48,50)/t32-/m0/s1. The summed E-state index contributed by atoms with van der Waals surface area (Å²) in [6, 6.07) is 20.5. The van der Waals surface area contributed by atoms with E-state index in [-0.39, 0.29) is 30.9 Å². The van der Waals surface area contributed by atoms with Crippen molar-refractivity contribution in [3.63, 3.8) is 0 Å². The van der Waals surface area contributed by atoms with Gasteiger partial charge in [-0.15, -0.1) is 0 Å². The number of aromatic nitrogens is 4. The fourth-order valence-corrected chi connectivity index (χ4v) is 8.15. The second-order valence-electron chi connectivity index (χ2n) is 14.4. The molecule has 2 fully saturated rings. The maximum absolute atomic E-state index is 13.0. The van der Waals surface area contributed by atoms with E-state index in [0.717, 1.165) is 100 Å². The number of hydrogen-bond acceptors (Lipinski definition) is 9. The molecule has 3 aliphatic rings. The summed E-state index contributed by atoms with van der Waals surface area (Å²) in [5.74, 6) is 1.73. The van der Waals surface area contributed by atoms with Crippen molar-refractivity contribution in [1.82, 2.24) is 40.8 Å². The van der Waals surface area contributed by atoms with E-state index in [1.54, 1.807) is 4.90 Å². The van der Waals surface area contributed by atoms with Gasteiger partial charge in [-0.25, -0.2) is 19.6 Å². The average Bonchev–Trinajstić information content (AvgIpc) is 4.05. The number of ether oxygens (including phenoxy) is 3. The summed E-state index contributed by atoms with van der Waals surface area (Å²) in [5.41, 5.74) is 7.89. The van der Waals surface area contributed by atoms with E-state index in [1.165, 1.54) is 14.2 Å². The number of imidazole rings is 2. The minimum atomic E-state index is -0.655. The Bertz CT molecular complexity index is 2290. The molecule has 56 heavy (non-hydrogen) atoms. The zero-order valence-electron chi connectivity index (χ0n) is 31.3. The lowest BCUT2D eigenvalue weighted by atomic mass is 9.96. The summed E-state index contributed by atoms with van der Waals surface area (Å²) < 4.78 is 15.4. The molecule has 0 bridgehead atoms. The van der Waals surface area contributed by atoms with Crippen LogP contribution in [-0.2, 0) is 31.0 Å². The number of nitrogens with one attached hydrogen (secondary N) is 5. The SMILES string of the molecule is COC(=O)NCC(=O)NC1(c2nc3ccc(-c4ccc(-c5ccc6c(c5)OCCc5[nH]c([C@@H]7CCCN7C(=O)CNC(=O)OC)nc5-6)cc4)cc3[nH]2)CCCC1. The zero-order valence-corrected chi connectivity index (χ0v) is 31.3. The quantitative estimate of drug-likeness (QED) is 0.129. The first kappa shape index (κ1) is 36.6. The van der Waals surface area contributed by atoms with E-state index in [2.05, 4.69) is 77.9 Å². The van der Waals surface area contributed by atoms with E-state index in [4.69, 9.17) is 14.7 Å². The number of rotatable bonds is 9. The highest BCUT2D eigenvalue weighted by molar-refractivity contribution is 5.85. The monoisotopic (exact) mass is 760 g/mol. The predicted octanol–water partition coefficient (Wildman–Crippen LogP) is 5.48. The highest BCUT2D eigenvalue weighted by Crippen LogP contribution is 2.41. The number of carbonyl (C=O) groups excluding carboxylic acids is 4. The molecule has 290 valence electrons. The summed E-state index contributed by atoms with van der Waals surface area (Å²) in [6.45, 7) is 0.774. The Kier molecular flexibility index (Phi) is 10.1. The Morgan fingerprint density at radius 2 is 1.52 bits per heavy atom. The van der Waals surface area contributed by atoms with Crippen LogP contribution in [0.4, 0.5) is 9.59 Å². The fourth-order valence-electron chi connectivity index (χ4n) is 8.15. The molecule has 5 aromatic rings. The van der Waals surface area contributed by atoms with Crippen molar-refractivity contribution in [2.75, 3.05) is 40.5 Å². The van der Waals surface area contributed by atoms with Crippen LogP contribution in [0.2, 0.25) is 0 Å². The van der Waals surface area contributed by atoms with Gasteiger partial charge in [0.15, 0.2) is 0 Å². The molecule has 1 saturated heterocycles. The number of nitrogens with zero attached hydrogens (tertiary/aromatic N) is 3. The topological polar surface area (TPSA) is 193 Å². The van der Waals surface area contributed by atoms with Crippen molar-refractivity contribution in [2.24, 2.45) is 0 Å². The number of methoxy groups -OCH3 is 2. The van der Waals surface area contributed by atoms with Crippen LogP contribution >= 0.6 is 0 Å². The molecule has 8 rings (SSSR count). The Labute approximate surface area is 322 Å². The fraction of sp³-hybridized carbons (Fsp3) is 0.366. The Morgan fingerprint density at radius 3 is 2.25 bits per heavy atom. The third-order valence-electron chi connectivity index (χ3n) is 11.0. The van der Waals surface area contributed by atoms with Crippen LogP contribution in [0.1, 0.15) is 61.9 Å². The van der Waals surface area contributed by atoms with Crippen LogP contribution in [0.3, 0.4) is 0 Å². The van der Waals surface area contributed by atoms with Gasteiger partial charge < -0.3 is 45.0 Å². The second kappa shape index (κ2) is 15.4. The van der Waals surface area contributed by atoms with Crippen LogP contribution in [0, 0.1) is 0 Å². The van der Waals surface area contributed by atoms with E-state index < -0.39 is 17.7 Å². The molecule has 2 aliphatic heterocycles. The van der Waals surface area contributed by atoms with Crippen LogP contribution in [0.15, 0.2) is 60.7 Å². The van der Waals surface area contributed by atoms with Gasteiger partial charge in [-0.1, -0.05) is 49.2 Å². The van der Waals surface area contributed by atoms with Crippen LogP contribution in [-0.4, -0.2) is 89.3 Å². The summed E-state index contributed by atoms with van der Waals surface area (Å²) in [4.78, 5) is 67.4. The number of benzene rings is 3. The summed E-state index contributed by atoms with van der Waals surface area (Å²) >= 11 is 0. The number of likely N-dealkylation sites (tertiary alicyclic amines) is 1. The van der Waals surface area contributed by atoms with Crippen LogP contribution < -0.4 is 20.7 Å². The number of aromatic amines is 2. The number of H-pyrrole nitrogens is 2. The summed E-state index contributed by atoms with van der Waals surface area (Å²) in [5, 5.41) is 8.06. The smallest absolute Gasteiger partial charge is 0.407 e. The van der Waals surface area contributed by atoms with Crippen LogP contribution in [0.25, 0.3) is 44.5 Å². The number of amides is 4. The maximum atomic E-state index is 13.0. The van der Waals surface area contributed by atoms with Gasteiger partial charge in [-0.05, 0) is 72.2 Å². The number of hydrogen-bond donors (Lipinski definition) is 5. The number of fused-ring (bicyclic) bond motifs is 4. The molecular weight excluding hydrogens is 716 g/mol. The highest BCUT2D eigenvalue weighted by Gasteiger charge is 2.40. The van der Waals surface area contributed by atoms with Crippen molar-refractivity contribution in [3.8, 4) is 39.3 Å². The lowest BCUT2D eigenvalue weighted by Gasteiger charge is -2.28. The molecule has 0 spiro atoms. The molecule has 1 atom stereocenters. The van der Waals surface area contributed by atoms with Gasteiger partial charge >= 0.3 is 12.2 Å². The molecule has 5 N–H and O–H groups in total. The van der Waals surface area contributed by atoms with Gasteiger partial charge in [0.1, 0.15) is 30.5 Å². The van der Waals surface area contributed by atoms with Crippen molar-refractivity contribution >= 4 is 35.0 Å². The van der Waals surface area contributed by atoms with Gasteiger partial charge in [0.05, 0.1) is 49.1 Å². The maximum Gasteiger partial charge on any atom is 0.407 e. The van der Waals surface area contributed by atoms with Crippen molar-refractivity contribution in [1.29, 1.82) is 0 Å². The Balaban J connectivity index is 0.983. The molecule has 1 saturated carbocycles. The first-order valence-corrected chi connectivity index (χ1v) is 18.9. The minimum Gasteiger partial charge on any atom is -0.492 e. The molecule has 4 heterocycles. The first-order valence-electron chi connectivity index (χ1n) is 18.9. The third kappa shape index (κ3) is 7.23. The van der Waals surface area contributed by atoms with Gasteiger partial charge in [-0.3, -0.25) is 9.59 Å². The second-order valence-corrected chi connectivity index (χ2v) is 14.4. The van der Waals surface area contributed by atoms with Gasteiger partial charge in [-0.2, -0.15) is 0 Å². The van der Waals surface area contributed by atoms with Gasteiger partial charge in [0.25, 0.3) is 0 Å². The van der Waals surface area contributed by atoms with E-state index in [1.807, 2.05) is 18.2 Å². The van der Waals surface area contributed by atoms with Crippen molar-refractivity contribution in [3.05, 3.63) is 78.0 Å². The molecule has 15 nitrogen and oxygen atoms in total. The van der Waals surface area contributed by atoms with Crippen molar-refractivity contribution < 1.29 is 33.4 Å².